The summed E-state index contributed by atoms with van der Waals surface area (Å²) in [5.41, 5.74) is 2.24. The van der Waals surface area contributed by atoms with E-state index in [2.05, 4.69) is 17.4 Å². The van der Waals surface area contributed by atoms with Gasteiger partial charge in [0, 0.05) is 6.04 Å². The Morgan fingerprint density at radius 2 is 1.61 bits per heavy atom. The number of carbonyl (C=O) groups is 1. The lowest BCUT2D eigenvalue weighted by molar-refractivity contribution is -0.123. The van der Waals surface area contributed by atoms with E-state index in [1.165, 1.54) is 5.56 Å². The zero-order valence-electron chi connectivity index (χ0n) is 16.3. The van der Waals surface area contributed by atoms with Gasteiger partial charge in [0.2, 0.25) is 5.91 Å². The van der Waals surface area contributed by atoms with Gasteiger partial charge in [0.05, 0.1) is 24.1 Å². The molecule has 0 spiro atoms. The van der Waals surface area contributed by atoms with E-state index in [1.54, 1.807) is 0 Å². The highest BCUT2D eigenvalue weighted by molar-refractivity contribution is 7.91. The molecule has 0 aromatic heterocycles. The minimum absolute atomic E-state index is 0.0410. The number of hydrogen-bond acceptors (Lipinski definition) is 4. The largest absolute Gasteiger partial charge is 0.348 e. The van der Waals surface area contributed by atoms with Crippen molar-refractivity contribution < 1.29 is 13.2 Å². The van der Waals surface area contributed by atoms with E-state index in [0.717, 1.165) is 12.0 Å². The lowest BCUT2D eigenvalue weighted by Gasteiger charge is -2.31. The molecule has 0 saturated carbocycles. The maximum atomic E-state index is 12.7. The minimum atomic E-state index is -2.89. The molecule has 1 aliphatic heterocycles. The Morgan fingerprint density at radius 3 is 2.21 bits per heavy atom. The molecule has 5 nitrogen and oxygen atoms in total. The van der Waals surface area contributed by atoms with Crippen molar-refractivity contribution in [2.75, 3.05) is 25.1 Å². The number of benzene rings is 2. The molecule has 1 saturated heterocycles. The Labute approximate surface area is 167 Å². The van der Waals surface area contributed by atoms with Gasteiger partial charge in [-0.2, -0.15) is 0 Å². The number of rotatable bonds is 7. The third kappa shape index (κ3) is 5.91. The van der Waals surface area contributed by atoms with Gasteiger partial charge in [-0.3, -0.25) is 9.69 Å². The van der Waals surface area contributed by atoms with E-state index in [1.807, 2.05) is 60.5 Å². The van der Waals surface area contributed by atoms with Crippen LogP contribution in [-0.2, 0) is 21.1 Å². The number of hydrogen-bond donors (Lipinski definition) is 1. The number of likely N-dealkylation sites (N-methyl/N-ethyl adjacent to an activating group) is 1. The van der Waals surface area contributed by atoms with Gasteiger partial charge in [-0.15, -0.1) is 0 Å². The van der Waals surface area contributed by atoms with Gasteiger partial charge in [0.15, 0.2) is 0 Å². The highest BCUT2D eigenvalue weighted by Gasteiger charge is 2.27. The molecule has 2 aromatic carbocycles. The summed E-state index contributed by atoms with van der Waals surface area (Å²) in [5, 5.41) is 3.17. The van der Waals surface area contributed by atoms with E-state index >= 15 is 0 Å². The molecule has 0 bridgehead atoms. The molecule has 1 fully saturated rings. The first-order valence-electron chi connectivity index (χ1n) is 9.72. The molecule has 3 rings (SSSR count). The van der Waals surface area contributed by atoms with Crippen molar-refractivity contribution in [3.8, 4) is 0 Å². The molecule has 1 heterocycles. The zero-order chi connectivity index (χ0) is 20.0. The van der Waals surface area contributed by atoms with Crippen molar-refractivity contribution in [3.05, 3.63) is 71.8 Å². The summed E-state index contributed by atoms with van der Waals surface area (Å²) in [4.78, 5) is 14.7. The number of carbonyl (C=O) groups excluding carboxylic acids is 1. The number of nitrogens with one attached hydrogen (secondary N) is 1. The Hall–Kier alpha value is -2.18. The van der Waals surface area contributed by atoms with Crippen molar-refractivity contribution in [2.45, 2.75) is 31.3 Å². The summed E-state index contributed by atoms with van der Waals surface area (Å²) in [5.74, 6) is 0.384. The van der Waals surface area contributed by atoms with E-state index in [9.17, 15) is 13.2 Å². The molecule has 1 N–H and O–H groups in total. The second-order valence-electron chi connectivity index (χ2n) is 7.52. The zero-order valence-corrected chi connectivity index (χ0v) is 17.1. The molecular weight excluding hydrogens is 372 g/mol. The van der Waals surface area contributed by atoms with Crippen LogP contribution in [0, 0.1) is 0 Å². The first-order chi connectivity index (χ1) is 13.4. The average molecular weight is 401 g/mol. The second-order valence-corrected chi connectivity index (χ2v) is 9.82. The third-order valence-corrected chi connectivity index (χ3v) is 7.08. The number of nitrogens with zero attached hydrogens (tertiary/aromatic N) is 1. The first-order valence-corrected chi connectivity index (χ1v) is 11.5. The van der Waals surface area contributed by atoms with Gasteiger partial charge >= 0.3 is 0 Å². The summed E-state index contributed by atoms with van der Waals surface area (Å²) in [6.07, 6.45) is 1.92. The fourth-order valence-electron chi connectivity index (χ4n) is 3.70. The Balaban J connectivity index is 1.62. The van der Waals surface area contributed by atoms with Crippen LogP contribution in [0.5, 0.6) is 0 Å². The van der Waals surface area contributed by atoms with Gasteiger partial charge in [0.1, 0.15) is 9.84 Å². The Kier molecular flexibility index (Phi) is 6.86. The van der Waals surface area contributed by atoms with Crippen LogP contribution in [0.2, 0.25) is 0 Å². The minimum Gasteiger partial charge on any atom is -0.348 e. The van der Waals surface area contributed by atoms with Crippen molar-refractivity contribution in [2.24, 2.45) is 0 Å². The van der Waals surface area contributed by atoms with Gasteiger partial charge in [-0.05, 0) is 37.4 Å². The van der Waals surface area contributed by atoms with E-state index < -0.39 is 9.84 Å². The van der Waals surface area contributed by atoms with E-state index in [4.69, 9.17) is 0 Å². The molecule has 1 atom stereocenters. The van der Waals surface area contributed by atoms with Crippen molar-refractivity contribution in [3.63, 3.8) is 0 Å². The quantitative estimate of drug-likeness (QED) is 0.776. The summed E-state index contributed by atoms with van der Waals surface area (Å²) < 4.78 is 23.2. The fraction of sp³-hybridized carbons (Fsp3) is 0.409. The standard InChI is InChI=1S/C22H28N2O3S/c1-24(20-12-14-28(26,27)15-13-20)17-22(25)23-21(19-10-6-3-7-11-19)16-18-8-4-2-5-9-18/h2-11,20-21H,12-17H2,1H3,(H,23,25). The average Bonchev–Trinajstić information content (AvgIpc) is 2.69. The summed E-state index contributed by atoms with van der Waals surface area (Å²) in [7, 11) is -0.995. The summed E-state index contributed by atoms with van der Waals surface area (Å²) in [6, 6.07) is 20.2. The summed E-state index contributed by atoms with van der Waals surface area (Å²) in [6.45, 7) is 0.267. The van der Waals surface area contributed by atoms with Gasteiger partial charge < -0.3 is 5.32 Å². The molecule has 0 radical (unpaired) electrons. The van der Waals surface area contributed by atoms with Crippen LogP contribution >= 0.6 is 0 Å². The lowest BCUT2D eigenvalue weighted by Crippen LogP contribution is -2.45. The molecule has 150 valence electrons. The topological polar surface area (TPSA) is 66.5 Å². The van der Waals surface area contributed by atoms with Crippen LogP contribution in [-0.4, -0.2) is 50.4 Å². The van der Waals surface area contributed by atoms with Gasteiger partial charge in [-0.1, -0.05) is 60.7 Å². The van der Waals surface area contributed by atoms with Crippen LogP contribution in [0.15, 0.2) is 60.7 Å². The molecule has 0 aliphatic carbocycles. The molecule has 1 amide bonds. The molecule has 1 unspecified atom stereocenters. The predicted molar refractivity (Wildman–Crippen MR) is 112 cm³/mol. The molecular formula is C22H28N2O3S. The van der Waals surface area contributed by atoms with Crippen molar-refractivity contribution in [1.29, 1.82) is 0 Å². The van der Waals surface area contributed by atoms with Gasteiger partial charge in [-0.25, -0.2) is 8.42 Å². The highest BCUT2D eigenvalue weighted by Crippen LogP contribution is 2.19. The van der Waals surface area contributed by atoms with Crippen LogP contribution in [0.25, 0.3) is 0 Å². The number of sulfone groups is 1. The first kappa shape index (κ1) is 20.6. The summed E-state index contributed by atoms with van der Waals surface area (Å²) >= 11 is 0. The van der Waals surface area contributed by atoms with Crippen LogP contribution in [0.4, 0.5) is 0 Å². The van der Waals surface area contributed by atoms with Crippen molar-refractivity contribution >= 4 is 15.7 Å². The molecule has 6 heteroatoms. The third-order valence-electron chi connectivity index (χ3n) is 5.36. The Bertz CT molecular complexity index is 855. The second kappa shape index (κ2) is 9.34. The fourth-order valence-corrected chi connectivity index (χ4v) is 5.17. The smallest absolute Gasteiger partial charge is 0.234 e. The normalized spacial score (nSPS) is 17.9. The predicted octanol–water partition coefficient (Wildman–Crippen LogP) is 2.60. The van der Waals surface area contributed by atoms with E-state index in [-0.39, 0.29) is 36.0 Å². The highest BCUT2D eigenvalue weighted by atomic mass is 32.2. The monoisotopic (exact) mass is 400 g/mol. The SMILES string of the molecule is CN(CC(=O)NC(Cc1ccccc1)c1ccccc1)C1CCS(=O)(=O)CC1. The maximum absolute atomic E-state index is 12.7. The molecule has 28 heavy (non-hydrogen) atoms. The maximum Gasteiger partial charge on any atom is 0.234 e. The van der Waals surface area contributed by atoms with Crippen molar-refractivity contribution in [1.82, 2.24) is 10.2 Å². The Morgan fingerprint density at radius 1 is 1.04 bits per heavy atom. The number of amides is 1. The lowest BCUT2D eigenvalue weighted by atomic mass is 9.99. The van der Waals surface area contributed by atoms with Crippen LogP contribution in [0.3, 0.4) is 0 Å². The van der Waals surface area contributed by atoms with Gasteiger partial charge in [0.25, 0.3) is 0 Å². The molecule has 2 aromatic rings. The van der Waals surface area contributed by atoms with E-state index in [0.29, 0.717) is 12.8 Å². The van der Waals surface area contributed by atoms with Crippen LogP contribution in [0.1, 0.15) is 30.0 Å². The van der Waals surface area contributed by atoms with Crippen LogP contribution < -0.4 is 5.32 Å². The molecule has 1 aliphatic rings.